The summed E-state index contributed by atoms with van der Waals surface area (Å²) in [4.78, 5) is 4.12. The van der Waals surface area contributed by atoms with Crippen molar-refractivity contribution in [3.63, 3.8) is 0 Å². The molecule has 92 valence electrons. The number of hydrogen-bond acceptors (Lipinski definition) is 3. The number of benzene rings is 1. The van der Waals surface area contributed by atoms with Gasteiger partial charge in [0.25, 0.3) is 0 Å². The predicted octanol–water partition coefficient (Wildman–Crippen LogP) is 4.31. The molecule has 0 aliphatic carbocycles. The van der Waals surface area contributed by atoms with E-state index in [9.17, 15) is 0 Å². The number of halogens is 2. The van der Waals surface area contributed by atoms with Crippen LogP contribution in [0.25, 0.3) is 10.8 Å². The second kappa shape index (κ2) is 5.13. The molecule has 2 aromatic rings. The number of pyridine rings is 1. The quantitative estimate of drug-likeness (QED) is 0.773. The molecule has 0 amide bonds. The minimum Gasteiger partial charge on any atom is -0.490 e. The largest absolute Gasteiger partial charge is 0.490 e. The third-order valence-corrected chi connectivity index (χ3v) is 3.03. The molecule has 0 saturated carbocycles. The van der Waals surface area contributed by atoms with Gasteiger partial charge in [0.1, 0.15) is 21.6 Å². The van der Waals surface area contributed by atoms with Gasteiger partial charge in [-0.15, -0.1) is 0 Å². The molecule has 0 fully saturated rings. The molecule has 0 unspecified atom stereocenters. The highest BCUT2D eigenvalue weighted by Gasteiger charge is 2.11. The molecule has 3 nitrogen and oxygen atoms in total. The first-order valence-electron chi connectivity index (χ1n) is 5.38. The van der Waals surface area contributed by atoms with Crippen molar-refractivity contribution >= 4 is 38.3 Å². The Labute approximate surface area is 118 Å². The van der Waals surface area contributed by atoms with Gasteiger partial charge in [-0.1, -0.05) is 11.6 Å². The Hall–Kier alpha value is -1.31. The zero-order valence-corrected chi connectivity index (χ0v) is 12.2. The summed E-state index contributed by atoms with van der Waals surface area (Å²) < 4.78 is 6.25. The van der Waals surface area contributed by atoms with Crippen LogP contribution in [0.3, 0.4) is 0 Å². The molecular formula is C13H10BrClN2O. The first-order chi connectivity index (χ1) is 8.51. The fourth-order valence-electron chi connectivity index (χ4n) is 1.65. The molecule has 18 heavy (non-hydrogen) atoms. The minimum absolute atomic E-state index is 0.00302. The van der Waals surface area contributed by atoms with E-state index in [1.54, 1.807) is 12.1 Å². The maximum absolute atomic E-state index is 9.14. The van der Waals surface area contributed by atoms with Gasteiger partial charge >= 0.3 is 0 Å². The monoisotopic (exact) mass is 324 g/mol. The number of aromatic nitrogens is 1. The molecular weight excluding hydrogens is 316 g/mol. The first-order valence-corrected chi connectivity index (χ1v) is 6.55. The van der Waals surface area contributed by atoms with Crippen molar-refractivity contribution < 1.29 is 4.74 Å². The Morgan fingerprint density at radius 3 is 2.72 bits per heavy atom. The van der Waals surface area contributed by atoms with Gasteiger partial charge in [0, 0.05) is 5.39 Å². The van der Waals surface area contributed by atoms with Crippen molar-refractivity contribution in [3.8, 4) is 11.8 Å². The molecule has 0 N–H and O–H groups in total. The van der Waals surface area contributed by atoms with Crippen molar-refractivity contribution in [2.24, 2.45) is 0 Å². The van der Waals surface area contributed by atoms with Gasteiger partial charge in [0.15, 0.2) is 0 Å². The van der Waals surface area contributed by atoms with E-state index < -0.39 is 0 Å². The molecule has 0 bridgehead atoms. The van der Waals surface area contributed by atoms with Gasteiger partial charge < -0.3 is 4.74 Å². The van der Waals surface area contributed by atoms with Crippen LogP contribution in [0.2, 0.25) is 5.15 Å². The zero-order valence-electron chi connectivity index (χ0n) is 9.87. The van der Waals surface area contributed by atoms with Crippen LogP contribution < -0.4 is 4.74 Å². The topological polar surface area (TPSA) is 45.9 Å². The Morgan fingerprint density at radius 2 is 2.11 bits per heavy atom. The fraction of sp³-hybridized carbons (Fsp3) is 0.231. The third kappa shape index (κ3) is 2.58. The van der Waals surface area contributed by atoms with Crippen LogP contribution in [0, 0.1) is 11.3 Å². The smallest absolute Gasteiger partial charge is 0.138 e. The zero-order chi connectivity index (χ0) is 13.3. The Balaban J connectivity index is 2.70. The highest BCUT2D eigenvalue weighted by Crippen LogP contribution is 2.31. The average Bonchev–Trinajstić information content (AvgIpc) is 2.28. The highest BCUT2D eigenvalue weighted by molar-refractivity contribution is 9.10. The normalized spacial score (nSPS) is 10.7. The van der Waals surface area contributed by atoms with Gasteiger partial charge in [0.05, 0.1) is 11.7 Å². The number of hydrogen-bond donors (Lipinski definition) is 0. The van der Waals surface area contributed by atoms with Crippen LogP contribution in [0.5, 0.6) is 5.75 Å². The summed E-state index contributed by atoms with van der Waals surface area (Å²) in [7, 11) is 0. The standard InChI is InChI=1S/C13H10BrClN2O/c1-7(2)18-11-5-10-8(3-9(11)6-16)4-12(14)17-13(10)15/h3-5,7H,1-2H3. The lowest BCUT2D eigenvalue weighted by molar-refractivity contribution is 0.242. The summed E-state index contributed by atoms with van der Waals surface area (Å²) in [5.74, 6) is 0.533. The van der Waals surface area contributed by atoms with Gasteiger partial charge in [-0.05, 0) is 53.4 Å². The molecule has 0 spiro atoms. The molecule has 5 heteroatoms. The molecule has 1 aromatic heterocycles. The molecule has 0 saturated heterocycles. The van der Waals surface area contributed by atoms with E-state index in [1.165, 1.54) is 0 Å². The average molecular weight is 326 g/mol. The highest BCUT2D eigenvalue weighted by atomic mass is 79.9. The van der Waals surface area contributed by atoms with Crippen molar-refractivity contribution in [2.45, 2.75) is 20.0 Å². The number of fused-ring (bicyclic) bond motifs is 1. The van der Waals surface area contributed by atoms with Crippen molar-refractivity contribution in [2.75, 3.05) is 0 Å². The van der Waals surface area contributed by atoms with E-state index in [4.69, 9.17) is 21.6 Å². The maximum Gasteiger partial charge on any atom is 0.138 e. The van der Waals surface area contributed by atoms with E-state index in [-0.39, 0.29) is 6.10 Å². The lowest BCUT2D eigenvalue weighted by Gasteiger charge is -2.12. The molecule has 2 rings (SSSR count). The van der Waals surface area contributed by atoms with Crippen LogP contribution in [0.4, 0.5) is 0 Å². The summed E-state index contributed by atoms with van der Waals surface area (Å²) in [6, 6.07) is 7.46. The number of rotatable bonds is 2. The second-order valence-electron chi connectivity index (χ2n) is 4.08. The minimum atomic E-state index is -0.00302. The molecule has 0 atom stereocenters. The van der Waals surface area contributed by atoms with Crippen molar-refractivity contribution in [1.82, 2.24) is 4.98 Å². The lowest BCUT2D eigenvalue weighted by Crippen LogP contribution is -2.06. The van der Waals surface area contributed by atoms with Crippen molar-refractivity contribution in [3.05, 3.63) is 33.5 Å². The molecule has 1 aromatic carbocycles. The fourth-order valence-corrected chi connectivity index (χ4v) is 2.43. The first kappa shape index (κ1) is 13.1. The third-order valence-electron chi connectivity index (χ3n) is 2.34. The number of ether oxygens (including phenoxy) is 1. The van der Waals surface area contributed by atoms with Crippen molar-refractivity contribution in [1.29, 1.82) is 5.26 Å². The summed E-state index contributed by atoms with van der Waals surface area (Å²) in [5, 5.41) is 11.2. The van der Waals surface area contributed by atoms with E-state index in [2.05, 4.69) is 27.0 Å². The van der Waals surface area contributed by atoms with Crippen LogP contribution in [0.1, 0.15) is 19.4 Å². The van der Waals surface area contributed by atoms with E-state index in [0.717, 1.165) is 10.8 Å². The van der Waals surface area contributed by atoms with E-state index in [0.29, 0.717) is 21.1 Å². The van der Waals surface area contributed by atoms with Gasteiger partial charge in [-0.3, -0.25) is 0 Å². The maximum atomic E-state index is 9.14. The SMILES string of the molecule is CC(C)Oc1cc2c(Cl)nc(Br)cc2cc1C#N. The molecule has 0 aliphatic rings. The lowest BCUT2D eigenvalue weighted by atomic mass is 10.1. The predicted molar refractivity (Wildman–Crippen MR) is 74.9 cm³/mol. The Bertz CT molecular complexity index is 649. The summed E-state index contributed by atoms with van der Waals surface area (Å²) in [6.07, 6.45) is -0.00302. The van der Waals surface area contributed by atoms with Crippen LogP contribution in [0.15, 0.2) is 22.8 Å². The van der Waals surface area contributed by atoms with E-state index in [1.807, 2.05) is 19.9 Å². The van der Waals surface area contributed by atoms with Crippen LogP contribution in [-0.2, 0) is 0 Å². The summed E-state index contributed by atoms with van der Waals surface area (Å²) in [5.41, 5.74) is 0.491. The Kier molecular flexibility index (Phi) is 3.74. The summed E-state index contributed by atoms with van der Waals surface area (Å²) >= 11 is 9.37. The van der Waals surface area contributed by atoms with Gasteiger partial charge in [0.2, 0.25) is 0 Å². The molecule has 0 radical (unpaired) electrons. The van der Waals surface area contributed by atoms with Gasteiger partial charge in [-0.2, -0.15) is 5.26 Å². The van der Waals surface area contributed by atoms with Crippen LogP contribution in [-0.4, -0.2) is 11.1 Å². The molecule has 0 aliphatic heterocycles. The molecule has 1 heterocycles. The second-order valence-corrected chi connectivity index (χ2v) is 5.25. The van der Waals surface area contributed by atoms with E-state index >= 15 is 0 Å². The number of nitriles is 1. The van der Waals surface area contributed by atoms with Crippen LogP contribution >= 0.6 is 27.5 Å². The summed E-state index contributed by atoms with van der Waals surface area (Å²) in [6.45, 7) is 3.82. The Morgan fingerprint density at radius 1 is 1.39 bits per heavy atom. The number of nitrogens with zero attached hydrogens (tertiary/aromatic N) is 2. The van der Waals surface area contributed by atoms with Gasteiger partial charge in [-0.25, -0.2) is 4.98 Å².